The van der Waals surface area contributed by atoms with Crippen molar-refractivity contribution < 1.29 is 0 Å². The minimum atomic E-state index is -0.315. The van der Waals surface area contributed by atoms with Crippen LogP contribution in [0.15, 0.2) is 224 Å². The molecule has 12 rings (SSSR count). The van der Waals surface area contributed by atoms with Gasteiger partial charge in [-0.15, -0.1) is 0 Å². The maximum atomic E-state index is 3.81. The summed E-state index contributed by atoms with van der Waals surface area (Å²) in [4.78, 5) is 2.42. The Bertz CT molecular complexity index is 3170. The Morgan fingerprint density at radius 3 is 1.92 bits per heavy atom. The molecule has 1 N–H and O–H groups in total. The van der Waals surface area contributed by atoms with Gasteiger partial charge in [-0.25, -0.2) is 0 Å². The van der Waals surface area contributed by atoms with E-state index < -0.39 is 0 Å². The maximum Gasteiger partial charge on any atom is 0.0689 e. The zero-order chi connectivity index (χ0) is 41.2. The third-order valence-corrected chi connectivity index (χ3v) is 13.9. The van der Waals surface area contributed by atoms with E-state index in [2.05, 4.69) is 236 Å². The summed E-state index contributed by atoms with van der Waals surface area (Å²) in [7, 11) is 0. The molecule has 8 aromatic carbocycles. The number of allylic oxidation sites excluding steroid dienone is 8. The first-order valence-electron chi connectivity index (χ1n) is 22.1. The molecule has 3 atom stereocenters. The van der Waals surface area contributed by atoms with Crippen LogP contribution in [0.5, 0.6) is 0 Å². The first-order valence-corrected chi connectivity index (χ1v) is 22.1. The fourth-order valence-corrected chi connectivity index (χ4v) is 11.0. The van der Waals surface area contributed by atoms with E-state index in [1.165, 1.54) is 72.0 Å². The maximum absolute atomic E-state index is 3.81. The molecule has 0 saturated carbocycles. The molecule has 4 aliphatic carbocycles. The molecule has 8 aromatic rings. The van der Waals surface area contributed by atoms with Crippen molar-refractivity contribution in [2.45, 2.75) is 31.1 Å². The lowest BCUT2D eigenvalue weighted by Gasteiger charge is -2.34. The summed E-state index contributed by atoms with van der Waals surface area (Å²) in [5.74, 6) is 0.736. The topological polar surface area (TPSA) is 15.3 Å². The second-order valence-electron chi connectivity index (χ2n) is 17.3. The van der Waals surface area contributed by atoms with Crippen LogP contribution in [0.25, 0.3) is 38.6 Å². The highest BCUT2D eigenvalue weighted by Gasteiger charge is 2.52. The molecule has 4 aliphatic rings. The average molecular weight is 795 g/mol. The van der Waals surface area contributed by atoms with Gasteiger partial charge in [-0.2, -0.15) is 0 Å². The fraction of sp³-hybridized carbons (Fsp3) is 0.100. The van der Waals surface area contributed by atoms with Crippen LogP contribution in [-0.2, 0) is 5.41 Å². The first kappa shape index (κ1) is 36.4. The number of para-hydroxylation sites is 1. The Balaban J connectivity index is 0.898. The van der Waals surface area contributed by atoms with Crippen molar-refractivity contribution in [3.8, 4) is 22.3 Å². The van der Waals surface area contributed by atoms with Gasteiger partial charge in [0.1, 0.15) is 0 Å². The molecular weight excluding hydrogens is 749 g/mol. The van der Waals surface area contributed by atoms with E-state index in [-0.39, 0.29) is 5.41 Å². The van der Waals surface area contributed by atoms with Gasteiger partial charge in [-0.1, -0.05) is 165 Å². The zero-order valence-corrected chi connectivity index (χ0v) is 34.8. The molecule has 62 heavy (non-hydrogen) atoms. The molecule has 3 unspecified atom stereocenters. The predicted octanol–water partition coefficient (Wildman–Crippen LogP) is 16.0. The van der Waals surface area contributed by atoms with Crippen LogP contribution in [0.3, 0.4) is 0 Å². The van der Waals surface area contributed by atoms with Crippen LogP contribution in [0.4, 0.5) is 28.4 Å². The molecule has 2 heteroatoms. The second-order valence-corrected chi connectivity index (χ2v) is 17.3. The van der Waals surface area contributed by atoms with Crippen molar-refractivity contribution in [1.82, 2.24) is 0 Å². The second kappa shape index (κ2) is 14.6. The molecule has 0 amide bonds. The van der Waals surface area contributed by atoms with Crippen molar-refractivity contribution in [2.24, 2.45) is 5.92 Å². The lowest BCUT2D eigenvalue weighted by molar-refractivity contribution is 0.637. The lowest BCUT2D eigenvalue weighted by atomic mass is 9.68. The number of benzene rings is 8. The monoisotopic (exact) mass is 794 g/mol. The highest BCUT2D eigenvalue weighted by molar-refractivity contribution is 5.98. The summed E-state index contributed by atoms with van der Waals surface area (Å²) < 4.78 is 0. The molecule has 0 fully saturated rings. The third-order valence-electron chi connectivity index (χ3n) is 13.9. The Labute approximate surface area is 364 Å². The molecule has 0 heterocycles. The van der Waals surface area contributed by atoms with E-state index >= 15 is 0 Å². The highest BCUT2D eigenvalue weighted by atomic mass is 15.1. The van der Waals surface area contributed by atoms with Crippen molar-refractivity contribution >= 4 is 44.8 Å². The quantitative estimate of drug-likeness (QED) is 0.173. The largest absolute Gasteiger partial charge is 0.355 e. The van der Waals surface area contributed by atoms with Crippen LogP contribution < -0.4 is 10.2 Å². The van der Waals surface area contributed by atoms with E-state index in [0.29, 0.717) is 11.8 Å². The number of anilines is 5. The Hall–Kier alpha value is -7.42. The van der Waals surface area contributed by atoms with Crippen molar-refractivity contribution in [3.05, 3.63) is 252 Å². The summed E-state index contributed by atoms with van der Waals surface area (Å²) in [5, 5.41) is 6.32. The normalized spacial score (nSPS) is 19.0. The Morgan fingerprint density at radius 2 is 1.15 bits per heavy atom. The fourth-order valence-electron chi connectivity index (χ4n) is 11.0. The Morgan fingerprint density at radius 1 is 0.532 bits per heavy atom. The summed E-state index contributed by atoms with van der Waals surface area (Å²) in [6.45, 7) is 2.31. The number of fused-ring (bicyclic) bond motifs is 10. The summed E-state index contributed by atoms with van der Waals surface area (Å²) in [6, 6.07) is 67.6. The smallest absolute Gasteiger partial charge is 0.0689 e. The number of rotatable bonds is 7. The van der Waals surface area contributed by atoms with Crippen LogP contribution in [-0.4, -0.2) is 0 Å². The van der Waals surface area contributed by atoms with Gasteiger partial charge in [0.25, 0.3) is 0 Å². The molecule has 0 saturated heterocycles. The van der Waals surface area contributed by atoms with E-state index in [9.17, 15) is 0 Å². The molecule has 0 radical (unpaired) electrons. The Kier molecular flexibility index (Phi) is 8.60. The lowest BCUT2D eigenvalue weighted by Crippen LogP contribution is -2.28. The van der Waals surface area contributed by atoms with E-state index in [0.717, 1.165) is 41.3 Å². The minimum Gasteiger partial charge on any atom is -0.355 e. The minimum absolute atomic E-state index is 0.313. The number of nitrogens with zero attached hydrogens (tertiary/aromatic N) is 1. The van der Waals surface area contributed by atoms with Gasteiger partial charge in [0.2, 0.25) is 0 Å². The predicted molar refractivity (Wildman–Crippen MR) is 261 cm³/mol. The molecular formula is C60H46N2. The average Bonchev–Trinajstić information content (AvgIpc) is 3.80. The first-order chi connectivity index (χ1) is 30.6. The molecule has 2 nitrogen and oxygen atoms in total. The third kappa shape index (κ3) is 5.71. The van der Waals surface area contributed by atoms with Gasteiger partial charge < -0.3 is 10.2 Å². The highest BCUT2D eigenvalue weighted by Crippen LogP contribution is 2.64. The van der Waals surface area contributed by atoms with Gasteiger partial charge in [-0.3, -0.25) is 0 Å². The van der Waals surface area contributed by atoms with Crippen LogP contribution in [0.2, 0.25) is 0 Å². The summed E-state index contributed by atoms with van der Waals surface area (Å²) in [5.41, 5.74) is 20.2. The van der Waals surface area contributed by atoms with Gasteiger partial charge >= 0.3 is 0 Å². The SMILES string of the molecule is CC1C=CC=CC1c1cc2ccccc2cc1Nc1ccc(-c2ccc(N(c3ccccc3)c3ccc4c(c3)C3(C5=C(C=CCC5)c5ccccc53)c3ccccc3-4)cc2)cc1. The van der Waals surface area contributed by atoms with Crippen molar-refractivity contribution in [1.29, 1.82) is 0 Å². The van der Waals surface area contributed by atoms with Crippen LogP contribution >= 0.6 is 0 Å². The molecule has 296 valence electrons. The van der Waals surface area contributed by atoms with Crippen molar-refractivity contribution in [2.75, 3.05) is 10.2 Å². The standard InChI is InChI=1S/C60H46N2/c1-40-15-5-8-20-49(40)54-37-43-16-6-7-17-44(43)38-59(54)61-45-31-27-41(28-32-45)42-29-33-47(34-30-42)62(46-18-3-2-4-19-46)48-35-36-53-52-23-11-14-26-57(52)60(58(53)39-48)55-24-12-9-21-50(55)51-22-10-13-25-56(51)60/h2-12,14-24,26-40,49,61H,13,25H2,1H3. The number of nitrogens with one attached hydrogen (secondary N) is 1. The van der Waals surface area contributed by atoms with Crippen LogP contribution in [0.1, 0.15) is 53.5 Å². The van der Waals surface area contributed by atoms with Gasteiger partial charge in [0.05, 0.1) is 5.41 Å². The summed E-state index contributed by atoms with van der Waals surface area (Å²) in [6.07, 6.45) is 15.8. The molecule has 0 bridgehead atoms. The van der Waals surface area contributed by atoms with E-state index in [1.807, 2.05) is 0 Å². The molecule has 1 spiro atoms. The number of hydrogen-bond donors (Lipinski definition) is 1. The summed E-state index contributed by atoms with van der Waals surface area (Å²) >= 11 is 0. The van der Waals surface area contributed by atoms with Gasteiger partial charge in [0.15, 0.2) is 0 Å². The van der Waals surface area contributed by atoms with E-state index in [1.54, 1.807) is 0 Å². The van der Waals surface area contributed by atoms with E-state index in [4.69, 9.17) is 0 Å². The molecule has 0 aliphatic heterocycles. The molecule has 0 aromatic heterocycles. The zero-order valence-electron chi connectivity index (χ0n) is 34.8. The van der Waals surface area contributed by atoms with Crippen LogP contribution in [0, 0.1) is 5.92 Å². The van der Waals surface area contributed by atoms with Gasteiger partial charge in [-0.05, 0) is 151 Å². The number of hydrogen-bond acceptors (Lipinski definition) is 2. The van der Waals surface area contributed by atoms with Gasteiger partial charge in [0, 0.05) is 34.4 Å². The van der Waals surface area contributed by atoms with Crippen molar-refractivity contribution in [3.63, 3.8) is 0 Å².